The summed E-state index contributed by atoms with van der Waals surface area (Å²) >= 11 is 12.3. The van der Waals surface area contributed by atoms with E-state index in [1.165, 1.54) is 24.9 Å². The van der Waals surface area contributed by atoms with Gasteiger partial charge in [0.15, 0.2) is 0 Å². The Labute approximate surface area is 206 Å². The van der Waals surface area contributed by atoms with Gasteiger partial charge in [-0.2, -0.15) is 0 Å². The standard InChI is InChI=1S/C26H32Cl2N4O/c27-22-16-21(17-23(28)18-22)20-4-6-25(7-5-20)30-10-8-29(9-11-30)19-26(33)32-14-12-31(13-15-32)24-2-1-3-24/h4-7,16-18,24H,1-3,8-15,19H2. The van der Waals surface area contributed by atoms with Crippen molar-refractivity contribution in [2.45, 2.75) is 25.3 Å². The van der Waals surface area contributed by atoms with E-state index in [1.807, 2.05) is 12.1 Å². The van der Waals surface area contributed by atoms with E-state index >= 15 is 0 Å². The van der Waals surface area contributed by atoms with Gasteiger partial charge in [0, 0.05) is 74.1 Å². The van der Waals surface area contributed by atoms with Gasteiger partial charge in [-0.25, -0.2) is 0 Å². The highest BCUT2D eigenvalue weighted by Gasteiger charge is 2.30. The summed E-state index contributed by atoms with van der Waals surface area (Å²) in [4.78, 5) is 22.2. The third-order valence-corrected chi connectivity index (χ3v) is 7.85. The van der Waals surface area contributed by atoms with E-state index in [2.05, 4.69) is 43.9 Å². The average Bonchev–Trinajstić information content (AvgIpc) is 2.78. The summed E-state index contributed by atoms with van der Waals surface area (Å²) in [7, 11) is 0. The SMILES string of the molecule is O=C(CN1CCN(c2ccc(-c3cc(Cl)cc(Cl)c3)cc2)CC1)N1CCN(C2CCC2)CC1. The van der Waals surface area contributed by atoms with Crippen LogP contribution in [0, 0.1) is 0 Å². The predicted octanol–water partition coefficient (Wildman–Crippen LogP) is 4.48. The highest BCUT2D eigenvalue weighted by Crippen LogP contribution is 2.29. The van der Waals surface area contributed by atoms with Crippen LogP contribution in [0.4, 0.5) is 5.69 Å². The minimum Gasteiger partial charge on any atom is -0.369 e. The summed E-state index contributed by atoms with van der Waals surface area (Å²) < 4.78 is 0. The topological polar surface area (TPSA) is 30.0 Å². The number of hydrogen-bond donors (Lipinski definition) is 0. The van der Waals surface area contributed by atoms with E-state index in [-0.39, 0.29) is 0 Å². The lowest BCUT2D eigenvalue weighted by molar-refractivity contribution is -0.134. The maximum Gasteiger partial charge on any atom is 0.236 e. The van der Waals surface area contributed by atoms with Crippen LogP contribution in [0.1, 0.15) is 19.3 Å². The maximum absolute atomic E-state index is 12.8. The molecular weight excluding hydrogens is 455 g/mol. The van der Waals surface area contributed by atoms with Gasteiger partial charge in [-0.1, -0.05) is 41.8 Å². The quantitative estimate of drug-likeness (QED) is 0.623. The van der Waals surface area contributed by atoms with Crippen molar-refractivity contribution < 1.29 is 4.79 Å². The summed E-state index contributed by atoms with van der Waals surface area (Å²) in [5, 5.41) is 1.29. The van der Waals surface area contributed by atoms with Gasteiger partial charge in [0.1, 0.15) is 0 Å². The molecule has 2 aliphatic heterocycles. The van der Waals surface area contributed by atoms with Crippen LogP contribution in [-0.4, -0.2) is 85.6 Å². The third-order valence-electron chi connectivity index (χ3n) is 7.42. The number of carbonyl (C=O) groups excluding carboxylic acids is 1. The lowest BCUT2D eigenvalue weighted by Gasteiger charge is -2.43. The Morgan fingerprint density at radius 1 is 0.788 bits per heavy atom. The molecule has 7 heteroatoms. The molecule has 33 heavy (non-hydrogen) atoms. The van der Waals surface area contributed by atoms with Gasteiger partial charge in [-0.3, -0.25) is 14.6 Å². The summed E-state index contributed by atoms with van der Waals surface area (Å²) in [5.41, 5.74) is 3.34. The molecule has 1 amide bonds. The number of piperazine rings is 2. The van der Waals surface area contributed by atoms with Crippen molar-refractivity contribution in [2.75, 3.05) is 63.8 Å². The number of nitrogens with zero attached hydrogens (tertiary/aromatic N) is 4. The van der Waals surface area contributed by atoms with Crippen LogP contribution in [0.25, 0.3) is 11.1 Å². The predicted molar refractivity (Wildman–Crippen MR) is 136 cm³/mol. The number of carbonyl (C=O) groups is 1. The molecule has 0 N–H and O–H groups in total. The second-order valence-corrected chi connectivity index (χ2v) is 10.3. The normalized spacial score (nSPS) is 20.7. The first kappa shape index (κ1) is 23.0. The Morgan fingerprint density at radius 3 is 2.00 bits per heavy atom. The molecule has 0 aromatic heterocycles. The zero-order chi connectivity index (χ0) is 22.8. The van der Waals surface area contributed by atoms with Crippen LogP contribution in [-0.2, 0) is 4.79 Å². The van der Waals surface area contributed by atoms with E-state index in [0.717, 1.165) is 69.5 Å². The monoisotopic (exact) mass is 486 g/mol. The molecule has 1 saturated carbocycles. The van der Waals surface area contributed by atoms with Gasteiger partial charge < -0.3 is 9.80 Å². The Kier molecular flexibility index (Phi) is 7.12. The molecule has 5 nitrogen and oxygen atoms in total. The largest absolute Gasteiger partial charge is 0.369 e. The number of rotatable bonds is 5. The fourth-order valence-electron chi connectivity index (χ4n) is 5.13. The van der Waals surface area contributed by atoms with Crippen molar-refractivity contribution in [3.63, 3.8) is 0 Å². The second-order valence-electron chi connectivity index (χ2n) is 9.47. The molecular formula is C26H32Cl2N4O. The molecule has 0 radical (unpaired) electrons. The van der Waals surface area contributed by atoms with E-state index in [9.17, 15) is 4.79 Å². The molecule has 0 unspecified atom stereocenters. The van der Waals surface area contributed by atoms with E-state index < -0.39 is 0 Å². The fourth-order valence-corrected chi connectivity index (χ4v) is 5.66. The zero-order valence-electron chi connectivity index (χ0n) is 19.1. The van der Waals surface area contributed by atoms with Crippen LogP contribution in [0.2, 0.25) is 10.0 Å². The van der Waals surface area contributed by atoms with Crippen LogP contribution < -0.4 is 4.90 Å². The Bertz CT molecular complexity index is 943. The van der Waals surface area contributed by atoms with Gasteiger partial charge in [-0.15, -0.1) is 0 Å². The van der Waals surface area contributed by atoms with Gasteiger partial charge in [0.05, 0.1) is 6.54 Å². The molecule has 3 aliphatic rings. The third kappa shape index (κ3) is 5.48. The van der Waals surface area contributed by atoms with Crippen LogP contribution in [0.3, 0.4) is 0 Å². The average molecular weight is 487 g/mol. The molecule has 1 aliphatic carbocycles. The number of benzene rings is 2. The summed E-state index contributed by atoms with van der Waals surface area (Å²) in [6.45, 7) is 8.11. The van der Waals surface area contributed by atoms with Crippen molar-refractivity contribution in [3.05, 3.63) is 52.5 Å². The summed E-state index contributed by atoms with van der Waals surface area (Å²) in [6, 6.07) is 15.0. The summed E-state index contributed by atoms with van der Waals surface area (Å²) in [5.74, 6) is 0.293. The van der Waals surface area contributed by atoms with Crippen molar-refractivity contribution in [1.82, 2.24) is 14.7 Å². The van der Waals surface area contributed by atoms with Crippen LogP contribution >= 0.6 is 23.2 Å². The molecule has 3 fully saturated rings. The van der Waals surface area contributed by atoms with E-state index in [0.29, 0.717) is 22.5 Å². The Balaban J connectivity index is 1.09. The number of anilines is 1. The highest BCUT2D eigenvalue weighted by molar-refractivity contribution is 6.35. The number of hydrogen-bond acceptors (Lipinski definition) is 4. The molecule has 0 spiro atoms. The molecule has 2 saturated heterocycles. The minimum atomic E-state index is 0.293. The van der Waals surface area contributed by atoms with Gasteiger partial charge >= 0.3 is 0 Å². The van der Waals surface area contributed by atoms with Crippen LogP contribution in [0.15, 0.2) is 42.5 Å². The van der Waals surface area contributed by atoms with Crippen LogP contribution in [0.5, 0.6) is 0 Å². The minimum absolute atomic E-state index is 0.293. The van der Waals surface area contributed by atoms with Gasteiger partial charge in [0.25, 0.3) is 0 Å². The Hall–Kier alpha value is -1.79. The van der Waals surface area contributed by atoms with Crippen molar-refractivity contribution >= 4 is 34.8 Å². The molecule has 2 aromatic rings. The molecule has 5 rings (SSSR count). The second kappa shape index (κ2) is 10.2. The molecule has 2 aromatic carbocycles. The molecule has 0 atom stereocenters. The van der Waals surface area contributed by atoms with E-state index in [4.69, 9.17) is 23.2 Å². The molecule has 176 valence electrons. The highest BCUT2D eigenvalue weighted by atomic mass is 35.5. The Morgan fingerprint density at radius 2 is 1.42 bits per heavy atom. The van der Waals surface area contributed by atoms with Crippen molar-refractivity contribution in [2.24, 2.45) is 0 Å². The smallest absolute Gasteiger partial charge is 0.236 e. The molecule has 0 bridgehead atoms. The number of halogens is 2. The number of amides is 1. The van der Waals surface area contributed by atoms with Gasteiger partial charge in [0.2, 0.25) is 5.91 Å². The molecule has 2 heterocycles. The lowest BCUT2D eigenvalue weighted by atomic mass is 9.91. The lowest BCUT2D eigenvalue weighted by Crippen LogP contribution is -2.56. The van der Waals surface area contributed by atoms with E-state index in [1.54, 1.807) is 6.07 Å². The van der Waals surface area contributed by atoms with Crippen molar-refractivity contribution in [1.29, 1.82) is 0 Å². The fraction of sp³-hybridized carbons (Fsp3) is 0.500. The zero-order valence-corrected chi connectivity index (χ0v) is 20.6. The maximum atomic E-state index is 12.8. The first-order valence-electron chi connectivity index (χ1n) is 12.1. The van der Waals surface area contributed by atoms with Gasteiger partial charge in [-0.05, 0) is 54.3 Å². The van der Waals surface area contributed by atoms with Crippen molar-refractivity contribution in [3.8, 4) is 11.1 Å². The summed E-state index contributed by atoms with van der Waals surface area (Å²) in [6.07, 6.45) is 4.06. The first-order valence-corrected chi connectivity index (χ1v) is 12.9. The first-order chi connectivity index (χ1) is 16.0.